The zero-order valence-electron chi connectivity index (χ0n) is 11.2. The van der Waals surface area contributed by atoms with Gasteiger partial charge < -0.3 is 10.6 Å². The van der Waals surface area contributed by atoms with Crippen molar-refractivity contribution in [3.63, 3.8) is 0 Å². The van der Waals surface area contributed by atoms with Gasteiger partial charge in [0.1, 0.15) is 10.6 Å². The molecule has 2 N–H and O–H groups in total. The summed E-state index contributed by atoms with van der Waals surface area (Å²) < 4.78 is 0. The highest BCUT2D eigenvalue weighted by Crippen LogP contribution is 2.26. The SMILES string of the molecule is CCNc1nc(NCCC(C)C)c2ccsc2n1. The van der Waals surface area contributed by atoms with Crippen molar-refractivity contribution in [2.45, 2.75) is 27.2 Å². The average molecular weight is 264 g/mol. The Hall–Kier alpha value is -1.36. The fourth-order valence-corrected chi connectivity index (χ4v) is 2.47. The highest BCUT2D eigenvalue weighted by atomic mass is 32.1. The third-order valence-corrected chi connectivity index (χ3v) is 3.48. The Balaban J connectivity index is 2.20. The van der Waals surface area contributed by atoms with Crippen LogP contribution in [-0.4, -0.2) is 23.1 Å². The molecule has 0 unspecified atom stereocenters. The number of hydrogen-bond acceptors (Lipinski definition) is 5. The summed E-state index contributed by atoms with van der Waals surface area (Å²) in [6.07, 6.45) is 1.15. The van der Waals surface area contributed by atoms with Gasteiger partial charge in [0.25, 0.3) is 0 Å². The summed E-state index contributed by atoms with van der Waals surface area (Å²) in [7, 11) is 0. The molecule has 2 rings (SSSR count). The molecule has 98 valence electrons. The maximum absolute atomic E-state index is 4.53. The van der Waals surface area contributed by atoms with E-state index in [2.05, 4.69) is 45.9 Å². The summed E-state index contributed by atoms with van der Waals surface area (Å²) in [5, 5.41) is 9.77. The van der Waals surface area contributed by atoms with Gasteiger partial charge in [-0.15, -0.1) is 11.3 Å². The van der Waals surface area contributed by atoms with Crippen LogP contribution in [0.25, 0.3) is 10.2 Å². The number of aromatic nitrogens is 2. The summed E-state index contributed by atoms with van der Waals surface area (Å²) in [6, 6.07) is 2.08. The number of nitrogens with one attached hydrogen (secondary N) is 2. The molecular weight excluding hydrogens is 244 g/mol. The topological polar surface area (TPSA) is 49.8 Å². The van der Waals surface area contributed by atoms with Crippen LogP contribution < -0.4 is 10.6 Å². The molecule has 0 saturated carbocycles. The molecule has 0 spiro atoms. The molecule has 2 aromatic rings. The van der Waals surface area contributed by atoms with E-state index in [1.54, 1.807) is 11.3 Å². The molecule has 0 aliphatic carbocycles. The number of rotatable bonds is 6. The zero-order valence-corrected chi connectivity index (χ0v) is 12.0. The lowest BCUT2D eigenvalue weighted by atomic mass is 10.1. The van der Waals surface area contributed by atoms with E-state index in [0.717, 1.165) is 35.5 Å². The molecule has 5 heteroatoms. The van der Waals surface area contributed by atoms with Crippen LogP contribution in [0, 0.1) is 5.92 Å². The summed E-state index contributed by atoms with van der Waals surface area (Å²) in [4.78, 5) is 10.1. The van der Waals surface area contributed by atoms with E-state index in [1.165, 1.54) is 0 Å². The van der Waals surface area contributed by atoms with Gasteiger partial charge in [-0.2, -0.15) is 4.98 Å². The quantitative estimate of drug-likeness (QED) is 0.837. The predicted molar refractivity (Wildman–Crippen MR) is 79.5 cm³/mol. The van der Waals surface area contributed by atoms with Gasteiger partial charge in [0.2, 0.25) is 5.95 Å². The van der Waals surface area contributed by atoms with Crippen molar-refractivity contribution in [3.8, 4) is 0 Å². The van der Waals surface area contributed by atoms with Gasteiger partial charge in [-0.3, -0.25) is 0 Å². The van der Waals surface area contributed by atoms with E-state index in [1.807, 2.05) is 6.92 Å². The van der Waals surface area contributed by atoms with Gasteiger partial charge in [0, 0.05) is 13.1 Å². The summed E-state index contributed by atoms with van der Waals surface area (Å²) in [5.74, 6) is 2.35. The normalized spacial score (nSPS) is 11.1. The third kappa shape index (κ3) is 3.10. The van der Waals surface area contributed by atoms with Crippen molar-refractivity contribution in [1.29, 1.82) is 0 Å². The van der Waals surface area contributed by atoms with Gasteiger partial charge in [0.15, 0.2) is 0 Å². The van der Waals surface area contributed by atoms with Crippen LogP contribution in [0.1, 0.15) is 27.2 Å². The van der Waals surface area contributed by atoms with Gasteiger partial charge in [-0.05, 0) is 30.7 Å². The van der Waals surface area contributed by atoms with Crippen LogP contribution in [0.3, 0.4) is 0 Å². The molecule has 4 nitrogen and oxygen atoms in total. The zero-order chi connectivity index (χ0) is 13.0. The van der Waals surface area contributed by atoms with Crippen molar-refractivity contribution >= 4 is 33.3 Å². The van der Waals surface area contributed by atoms with Gasteiger partial charge >= 0.3 is 0 Å². The number of nitrogens with zero attached hydrogens (tertiary/aromatic N) is 2. The first kappa shape index (κ1) is 13.1. The van der Waals surface area contributed by atoms with Crippen LogP contribution in [0.5, 0.6) is 0 Å². The van der Waals surface area contributed by atoms with E-state index >= 15 is 0 Å². The first-order valence-corrected chi connectivity index (χ1v) is 7.31. The number of thiophene rings is 1. The molecule has 0 fully saturated rings. The largest absolute Gasteiger partial charge is 0.369 e. The number of fused-ring (bicyclic) bond motifs is 1. The van der Waals surface area contributed by atoms with E-state index in [-0.39, 0.29) is 0 Å². The molecule has 0 saturated heterocycles. The first-order chi connectivity index (χ1) is 8.70. The lowest BCUT2D eigenvalue weighted by Crippen LogP contribution is -2.09. The Labute approximate surface area is 112 Å². The molecule has 0 atom stereocenters. The lowest BCUT2D eigenvalue weighted by Gasteiger charge is -2.10. The Bertz CT molecular complexity index is 507. The van der Waals surface area contributed by atoms with Crippen molar-refractivity contribution in [2.24, 2.45) is 5.92 Å². The Morgan fingerprint density at radius 3 is 2.83 bits per heavy atom. The molecule has 0 amide bonds. The summed E-state index contributed by atoms with van der Waals surface area (Å²) >= 11 is 1.65. The molecular formula is C13H20N4S. The van der Waals surface area contributed by atoms with Crippen molar-refractivity contribution in [3.05, 3.63) is 11.4 Å². The standard InChI is InChI=1S/C13H20N4S/c1-4-14-13-16-11(15-7-5-9(2)3)10-6-8-18-12(10)17-13/h6,8-9H,4-5,7H2,1-3H3,(H2,14,15,16,17). The van der Waals surface area contributed by atoms with E-state index in [9.17, 15) is 0 Å². The van der Waals surface area contributed by atoms with Crippen LogP contribution in [0.2, 0.25) is 0 Å². The van der Waals surface area contributed by atoms with Gasteiger partial charge in [-0.25, -0.2) is 4.98 Å². The highest BCUT2D eigenvalue weighted by Gasteiger charge is 2.08. The second-order valence-corrected chi connectivity index (χ2v) is 5.57. The summed E-state index contributed by atoms with van der Waals surface area (Å²) in [5.41, 5.74) is 0. The first-order valence-electron chi connectivity index (χ1n) is 6.43. The molecule has 2 heterocycles. The molecule has 0 radical (unpaired) electrons. The minimum Gasteiger partial charge on any atom is -0.369 e. The molecule has 18 heavy (non-hydrogen) atoms. The number of anilines is 2. The number of hydrogen-bond donors (Lipinski definition) is 2. The van der Waals surface area contributed by atoms with E-state index in [0.29, 0.717) is 11.9 Å². The minimum atomic E-state index is 0.700. The minimum absolute atomic E-state index is 0.700. The van der Waals surface area contributed by atoms with Crippen LogP contribution >= 0.6 is 11.3 Å². The van der Waals surface area contributed by atoms with Crippen molar-refractivity contribution in [2.75, 3.05) is 23.7 Å². The molecule has 0 aromatic carbocycles. The Morgan fingerprint density at radius 1 is 1.28 bits per heavy atom. The predicted octanol–water partition coefficient (Wildman–Crippen LogP) is 3.58. The second-order valence-electron chi connectivity index (χ2n) is 4.67. The lowest BCUT2D eigenvalue weighted by molar-refractivity contribution is 0.607. The molecule has 2 aromatic heterocycles. The van der Waals surface area contributed by atoms with Crippen LogP contribution in [0.4, 0.5) is 11.8 Å². The average Bonchev–Trinajstić information content (AvgIpc) is 2.77. The maximum Gasteiger partial charge on any atom is 0.226 e. The maximum atomic E-state index is 4.53. The van der Waals surface area contributed by atoms with Crippen molar-refractivity contribution in [1.82, 2.24) is 9.97 Å². The Kier molecular flexibility index (Phi) is 4.36. The van der Waals surface area contributed by atoms with E-state index in [4.69, 9.17) is 0 Å². The molecule has 0 aliphatic heterocycles. The van der Waals surface area contributed by atoms with Crippen molar-refractivity contribution < 1.29 is 0 Å². The van der Waals surface area contributed by atoms with Crippen LogP contribution in [-0.2, 0) is 0 Å². The van der Waals surface area contributed by atoms with Gasteiger partial charge in [-0.1, -0.05) is 13.8 Å². The smallest absolute Gasteiger partial charge is 0.226 e. The Morgan fingerprint density at radius 2 is 2.11 bits per heavy atom. The fourth-order valence-electron chi connectivity index (χ4n) is 1.71. The monoisotopic (exact) mass is 264 g/mol. The van der Waals surface area contributed by atoms with E-state index < -0.39 is 0 Å². The highest BCUT2D eigenvalue weighted by molar-refractivity contribution is 7.16. The molecule has 0 aliphatic rings. The fraction of sp³-hybridized carbons (Fsp3) is 0.538. The molecule has 0 bridgehead atoms. The van der Waals surface area contributed by atoms with Crippen LogP contribution in [0.15, 0.2) is 11.4 Å². The van der Waals surface area contributed by atoms with Gasteiger partial charge in [0.05, 0.1) is 5.39 Å². The summed E-state index contributed by atoms with van der Waals surface area (Å²) in [6.45, 7) is 8.29. The second kappa shape index (κ2) is 6.00. The third-order valence-electron chi connectivity index (χ3n) is 2.67.